The minimum Gasteiger partial charge on any atom is -0.482 e. The van der Waals surface area contributed by atoms with Crippen LogP contribution in [0.25, 0.3) is 21.3 Å². The molecule has 1 N–H and O–H groups in total. The highest BCUT2D eigenvalue weighted by atomic mass is 32.2. The monoisotopic (exact) mass is 503 g/mol. The number of nitrogens with one attached hydrogen (secondary N) is 1. The largest absolute Gasteiger partial charge is 0.482 e. The standard InChI is InChI=1S/C26H21N3O4S2/c1-3-10-29-25(32)23-18(16-6-4-15(2)5-7-16)13-34-24(23)28-26(29)35-14-20(30)17-8-9-21-19(11-17)27-22(31)12-33-21/h3-9,11,13H,1,10,12,14H2,2H3,(H,27,31). The zero-order chi connectivity index (χ0) is 24.5. The predicted octanol–water partition coefficient (Wildman–Crippen LogP) is 4.93. The van der Waals surface area contributed by atoms with E-state index < -0.39 is 0 Å². The van der Waals surface area contributed by atoms with Crippen molar-refractivity contribution in [3.63, 3.8) is 0 Å². The molecule has 0 spiro atoms. The van der Waals surface area contributed by atoms with Gasteiger partial charge in [-0.1, -0.05) is 47.7 Å². The van der Waals surface area contributed by atoms with Gasteiger partial charge in [-0.15, -0.1) is 17.9 Å². The maximum absolute atomic E-state index is 13.5. The van der Waals surface area contributed by atoms with Crippen LogP contribution in [0.1, 0.15) is 15.9 Å². The molecule has 0 radical (unpaired) electrons. The highest BCUT2D eigenvalue weighted by Gasteiger charge is 2.20. The first kappa shape index (κ1) is 23.1. The summed E-state index contributed by atoms with van der Waals surface area (Å²) in [7, 11) is 0. The Morgan fingerprint density at radius 1 is 1.26 bits per heavy atom. The number of hydrogen-bond donors (Lipinski definition) is 1. The summed E-state index contributed by atoms with van der Waals surface area (Å²) >= 11 is 2.62. The lowest BCUT2D eigenvalue weighted by Crippen LogP contribution is -2.25. The summed E-state index contributed by atoms with van der Waals surface area (Å²) in [4.78, 5) is 43.4. The molecule has 0 fully saturated rings. The molecule has 0 saturated heterocycles. The summed E-state index contributed by atoms with van der Waals surface area (Å²) in [6.45, 7) is 6.04. The zero-order valence-corrected chi connectivity index (χ0v) is 20.5. The number of thiophene rings is 1. The molecular formula is C26H21N3O4S2. The highest BCUT2D eigenvalue weighted by molar-refractivity contribution is 7.99. The summed E-state index contributed by atoms with van der Waals surface area (Å²) in [5.74, 6) is 0.202. The number of fused-ring (bicyclic) bond motifs is 2. The number of thioether (sulfide) groups is 1. The second kappa shape index (κ2) is 9.52. The first-order chi connectivity index (χ1) is 16.9. The molecule has 4 aromatic rings. The van der Waals surface area contributed by atoms with E-state index in [2.05, 4.69) is 11.9 Å². The van der Waals surface area contributed by atoms with Crippen LogP contribution < -0.4 is 15.6 Å². The predicted molar refractivity (Wildman–Crippen MR) is 140 cm³/mol. The molecule has 0 unspecified atom stereocenters. The second-order valence-corrected chi connectivity index (χ2v) is 9.85. The number of allylic oxidation sites excluding steroid dienone is 1. The number of ketones is 1. The first-order valence-corrected chi connectivity index (χ1v) is 12.7. The number of aryl methyl sites for hydroxylation is 1. The molecule has 0 saturated carbocycles. The van der Waals surface area contributed by atoms with Crippen molar-refractivity contribution in [2.24, 2.45) is 0 Å². The van der Waals surface area contributed by atoms with Gasteiger partial charge in [0.25, 0.3) is 11.5 Å². The Morgan fingerprint density at radius 2 is 2.06 bits per heavy atom. The molecule has 0 bridgehead atoms. The van der Waals surface area contributed by atoms with Gasteiger partial charge in [0.1, 0.15) is 10.6 Å². The van der Waals surface area contributed by atoms with Crippen molar-refractivity contribution in [1.82, 2.24) is 9.55 Å². The van der Waals surface area contributed by atoms with E-state index in [1.807, 2.05) is 36.6 Å². The highest BCUT2D eigenvalue weighted by Crippen LogP contribution is 2.33. The smallest absolute Gasteiger partial charge is 0.263 e. The molecule has 35 heavy (non-hydrogen) atoms. The van der Waals surface area contributed by atoms with E-state index in [0.717, 1.165) is 16.7 Å². The molecule has 0 atom stereocenters. The number of benzene rings is 2. The Labute approximate surface area is 209 Å². The van der Waals surface area contributed by atoms with Crippen LogP contribution in [0.15, 0.2) is 70.5 Å². The van der Waals surface area contributed by atoms with Gasteiger partial charge in [-0.2, -0.15) is 0 Å². The zero-order valence-electron chi connectivity index (χ0n) is 18.9. The molecule has 1 aliphatic heterocycles. The van der Waals surface area contributed by atoms with E-state index in [1.165, 1.54) is 23.1 Å². The van der Waals surface area contributed by atoms with Crippen molar-refractivity contribution in [3.8, 4) is 16.9 Å². The van der Waals surface area contributed by atoms with Crippen LogP contribution in [0.2, 0.25) is 0 Å². The van der Waals surface area contributed by atoms with Crippen LogP contribution >= 0.6 is 23.1 Å². The minimum absolute atomic E-state index is 0.0422. The maximum Gasteiger partial charge on any atom is 0.263 e. The molecule has 176 valence electrons. The van der Waals surface area contributed by atoms with Crippen LogP contribution in [0.3, 0.4) is 0 Å². The molecule has 2 aromatic heterocycles. The molecule has 9 heteroatoms. The number of carbonyl (C=O) groups excluding carboxylic acids is 2. The Hall–Kier alpha value is -3.69. The molecule has 7 nitrogen and oxygen atoms in total. The van der Waals surface area contributed by atoms with E-state index in [9.17, 15) is 14.4 Å². The lowest BCUT2D eigenvalue weighted by molar-refractivity contribution is -0.118. The third kappa shape index (κ3) is 4.52. The Morgan fingerprint density at radius 3 is 2.83 bits per heavy atom. The number of rotatable bonds is 7. The molecule has 0 aliphatic carbocycles. The molecular weight excluding hydrogens is 482 g/mol. The molecule has 1 amide bonds. The number of aromatic nitrogens is 2. The number of ether oxygens (including phenoxy) is 1. The second-order valence-electron chi connectivity index (χ2n) is 8.05. The molecule has 1 aliphatic rings. The number of nitrogens with zero attached hydrogens (tertiary/aromatic N) is 2. The van der Waals surface area contributed by atoms with Gasteiger partial charge in [0.2, 0.25) is 0 Å². The summed E-state index contributed by atoms with van der Waals surface area (Å²) < 4.78 is 6.91. The molecule has 3 heterocycles. The Bertz CT molecular complexity index is 1540. The number of Topliss-reactive ketones (excluding diaryl/α,β-unsaturated/α-hetero) is 1. The summed E-state index contributed by atoms with van der Waals surface area (Å²) in [5, 5.41) is 5.69. The van der Waals surface area contributed by atoms with Gasteiger partial charge in [-0.05, 0) is 30.7 Å². The fourth-order valence-corrected chi connectivity index (χ4v) is 5.71. The van der Waals surface area contributed by atoms with Crippen LogP contribution in [-0.4, -0.2) is 33.6 Å². The average Bonchev–Trinajstić information content (AvgIpc) is 3.28. The van der Waals surface area contributed by atoms with Crippen LogP contribution in [0.4, 0.5) is 5.69 Å². The van der Waals surface area contributed by atoms with Crippen molar-refractivity contribution in [2.45, 2.75) is 18.6 Å². The summed E-state index contributed by atoms with van der Waals surface area (Å²) in [5.41, 5.74) is 3.72. The van der Waals surface area contributed by atoms with Crippen LogP contribution in [0, 0.1) is 6.92 Å². The quantitative estimate of drug-likeness (QED) is 0.167. The SMILES string of the molecule is C=CCn1c(SCC(=O)c2ccc3c(c2)NC(=O)CO3)nc2scc(-c3ccc(C)cc3)c2c1=O. The third-order valence-corrected chi connectivity index (χ3v) is 7.45. The van der Waals surface area contributed by atoms with Crippen molar-refractivity contribution < 1.29 is 14.3 Å². The van der Waals surface area contributed by atoms with E-state index in [1.54, 1.807) is 28.8 Å². The van der Waals surface area contributed by atoms with Gasteiger partial charge < -0.3 is 10.1 Å². The van der Waals surface area contributed by atoms with E-state index in [4.69, 9.17) is 9.72 Å². The number of amides is 1. The average molecular weight is 504 g/mol. The number of hydrogen-bond acceptors (Lipinski definition) is 7. The Kier molecular flexibility index (Phi) is 6.27. The van der Waals surface area contributed by atoms with Crippen LogP contribution in [-0.2, 0) is 11.3 Å². The van der Waals surface area contributed by atoms with Crippen molar-refractivity contribution in [3.05, 3.63) is 82.0 Å². The first-order valence-electron chi connectivity index (χ1n) is 10.9. The summed E-state index contributed by atoms with van der Waals surface area (Å²) in [6.07, 6.45) is 1.64. The Balaban J connectivity index is 1.45. The van der Waals surface area contributed by atoms with Gasteiger partial charge in [-0.25, -0.2) is 4.98 Å². The minimum atomic E-state index is -0.261. The fraction of sp³-hybridized carbons (Fsp3) is 0.154. The van der Waals surface area contributed by atoms with E-state index in [0.29, 0.717) is 32.4 Å². The summed E-state index contributed by atoms with van der Waals surface area (Å²) in [6, 6.07) is 13.0. The fourth-order valence-electron chi connectivity index (χ4n) is 3.82. The third-order valence-electron chi connectivity index (χ3n) is 5.60. The van der Waals surface area contributed by atoms with Crippen LogP contribution in [0.5, 0.6) is 5.75 Å². The van der Waals surface area contributed by atoms with E-state index >= 15 is 0 Å². The van der Waals surface area contributed by atoms with Gasteiger partial charge in [0, 0.05) is 23.1 Å². The lowest BCUT2D eigenvalue weighted by atomic mass is 10.1. The van der Waals surface area contributed by atoms with Crippen molar-refractivity contribution in [1.29, 1.82) is 0 Å². The number of carbonyl (C=O) groups is 2. The number of anilines is 1. The molecule has 2 aromatic carbocycles. The lowest BCUT2D eigenvalue weighted by Gasteiger charge is -2.18. The topological polar surface area (TPSA) is 90.3 Å². The van der Waals surface area contributed by atoms with Crippen molar-refractivity contribution >= 4 is 50.7 Å². The molecule has 5 rings (SSSR count). The van der Waals surface area contributed by atoms with Gasteiger partial charge in [0.05, 0.1) is 16.8 Å². The van der Waals surface area contributed by atoms with Gasteiger partial charge in [0.15, 0.2) is 17.5 Å². The van der Waals surface area contributed by atoms with Gasteiger partial charge >= 0.3 is 0 Å². The normalized spacial score (nSPS) is 12.7. The van der Waals surface area contributed by atoms with Gasteiger partial charge in [-0.3, -0.25) is 19.0 Å². The maximum atomic E-state index is 13.5. The van der Waals surface area contributed by atoms with E-state index in [-0.39, 0.29) is 36.2 Å². The van der Waals surface area contributed by atoms with Crippen molar-refractivity contribution in [2.75, 3.05) is 17.7 Å².